The van der Waals surface area contributed by atoms with E-state index in [2.05, 4.69) is 0 Å². The first-order chi connectivity index (χ1) is 6.22. The Morgan fingerprint density at radius 3 is 2.38 bits per heavy atom. The second-order valence-corrected chi connectivity index (χ2v) is 2.57. The number of carbonyl (C=O) groups is 1. The van der Waals surface area contributed by atoms with Crippen LogP contribution in [0, 0.1) is 0 Å². The molecule has 4 heteroatoms. The molecule has 0 bridgehead atoms. The Bertz CT molecular complexity index is 316. The molecule has 13 heavy (non-hydrogen) atoms. The highest BCUT2D eigenvalue weighted by molar-refractivity contribution is 6.45. The van der Waals surface area contributed by atoms with Gasteiger partial charge in [0.1, 0.15) is 0 Å². The lowest BCUT2D eigenvalue weighted by atomic mass is 9.88. The maximum absolute atomic E-state index is 10.2. The lowest BCUT2D eigenvalue weighted by Crippen LogP contribution is -2.11. The minimum Gasteiger partial charge on any atom is -0.478 e. The van der Waals surface area contributed by atoms with Crippen molar-refractivity contribution in [3.05, 3.63) is 35.9 Å². The zero-order valence-electron chi connectivity index (χ0n) is 6.97. The van der Waals surface area contributed by atoms with Crippen LogP contribution < -0.4 is 5.46 Å². The average Bonchev–Trinajstić information content (AvgIpc) is 2.15. The summed E-state index contributed by atoms with van der Waals surface area (Å²) >= 11 is 0. The maximum atomic E-state index is 10.2. The van der Waals surface area contributed by atoms with Crippen LogP contribution in [0.15, 0.2) is 30.3 Å². The van der Waals surface area contributed by atoms with Crippen LogP contribution in [0.1, 0.15) is 5.56 Å². The van der Waals surface area contributed by atoms with Gasteiger partial charge in [-0.25, -0.2) is 4.79 Å². The van der Waals surface area contributed by atoms with Crippen molar-refractivity contribution in [2.75, 3.05) is 0 Å². The highest BCUT2D eigenvalue weighted by Crippen LogP contribution is 1.99. The SMILES string of the molecule is O=C(O)/C=C/c1ccc(BO)cc1. The summed E-state index contributed by atoms with van der Waals surface area (Å²) in [6.07, 6.45) is 2.58. The molecule has 0 atom stereocenters. The predicted octanol–water partition coefficient (Wildman–Crippen LogP) is -0.246. The van der Waals surface area contributed by atoms with Crippen molar-refractivity contribution in [1.82, 2.24) is 0 Å². The van der Waals surface area contributed by atoms with Gasteiger partial charge < -0.3 is 10.1 Å². The number of rotatable bonds is 3. The zero-order valence-corrected chi connectivity index (χ0v) is 6.97. The Balaban J connectivity index is 2.75. The van der Waals surface area contributed by atoms with Gasteiger partial charge in [0.05, 0.1) is 0 Å². The molecular weight excluding hydrogens is 167 g/mol. The van der Waals surface area contributed by atoms with E-state index in [0.717, 1.165) is 17.1 Å². The summed E-state index contributed by atoms with van der Waals surface area (Å²) in [5, 5.41) is 17.1. The monoisotopic (exact) mass is 176 g/mol. The Morgan fingerprint density at radius 2 is 1.92 bits per heavy atom. The largest absolute Gasteiger partial charge is 0.478 e. The molecule has 0 spiro atoms. The standard InChI is InChI=1S/C9H9BO3/c11-9(12)6-3-7-1-4-8(10-13)5-2-7/h1-6,10,13H,(H,11,12)/b6-3+. The Labute approximate surface area is 76.6 Å². The molecule has 0 fully saturated rings. The van der Waals surface area contributed by atoms with E-state index >= 15 is 0 Å². The van der Waals surface area contributed by atoms with Crippen molar-refractivity contribution in [3.8, 4) is 0 Å². The molecule has 0 saturated carbocycles. The van der Waals surface area contributed by atoms with Gasteiger partial charge in [0, 0.05) is 6.08 Å². The first-order valence-electron chi connectivity index (χ1n) is 3.83. The fourth-order valence-corrected chi connectivity index (χ4v) is 0.902. The molecule has 0 radical (unpaired) electrons. The summed E-state index contributed by atoms with van der Waals surface area (Å²) in [6, 6.07) is 7.01. The molecule has 0 saturated heterocycles. The molecule has 0 heterocycles. The Kier molecular flexibility index (Phi) is 3.28. The van der Waals surface area contributed by atoms with Crippen LogP contribution in [0.2, 0.25) is 0 Å². The van der Waals surface area contributed by atoms with Gasteiger partial charge in [-0.2, -0.15) is 0 Å². The molecule has 0 amide bonds. The summed E-state index contributed by atoms with van der Waals surface area (Å²) in [5.41, 5.74) is 1.62. The summed E-state index contributed by atoms with van der Waals surface area (Å²) in [4.78, 5) is 10.2. The third-order valence-electron chi connectivity index (χ3n) is 1.58. The molecular formula is C9H9BO3. The molecule has 1 rings (SSSR count). The van der Waals surface area contributed by atoms with Gasteiger partial charge in [0.15, 0.2) is 0 Å². The molecule has 0 aliphatic rings. The van der Waals surface area contributed by atoms with E-state index in [-0.39, 0.29) is 7.48 Å². The van der Waals surface area contributed by atoms with Crippen molar-refractivity contribution < 1.29 is 14.9 Å². The van der Waals surface area contributed by atoms with Crippen molar-refractivity contribution in [1.29, 1.82) is 0 Å². The highest BCUT2D eigenvalue weighted by atomic mass is 16.4. The summed E-state index contributed by atoms with van der Waals surface area (Å²) < 4.78 is 0. The number of hydrogen-bond donors (Lipinski definition) is 2. The van der Waals surface area contributed by atoms with E-state index in [0.29, 0.717) is 0 Å². The minimum atomic E-state index is -0.966. The smallest absolute Gasteiger partial charge is 0.328 e. The lowest BCUT2D eigenvalue weighted by Gasteiger charge is -1.94. The van der Waals surface area contributed by atoms with Crippen molar-refractivity contribution in [2.24, 2.45) is 0 Å². The lowest BCUT2D eigenvalue weighted by molar-refractivity contribution is -0.131. The van der Waals surface area contributed by atoms with Crippen molar-refractivity contribution in [2.45, 2.75) is 0 Å². The topological polar surface area (TPSA) is 57.5 Å². The van der Waals surface area contributed by atoms with Gasteiger partial charge >= 0.3 is 13.5 Å². The van der Waals surface area contributed by atoms with Crippen molar-refractivity contribution >= 4 is 25.0 Å². The summed E-state index contributed by atoms with van der Waals surface area (Å²) in [5.74, 6) is -0.966. The van der Waals surface area contributed by atoms with Crippen LogP contribution in [0.3, 0.4) is 0 Å². The van der Waals surface area contributed by atoms with Crippen molar-refractivity contribution in [3.63, 3.8) is 0 Å². The second-order valence-electron chi connectivity index (χ2n) is 2.57. The van der Waals surface area contributed by atoms with E-state index in [1.54, 1.807) is 24.3 Å². The van der Waals surface area contributed by atoms with Gasteiger partial charge in [0.2, 0.25) is 0 Å². The van der Waals surface area contributed by atoms with Gasteiger partial charge in [0.25, 0.3) is 0 Å². The van der Waals surface area contributed by atoms with Gasteiger partial charge in [-0.05, 0) is 11.6 Å². The molecule has 1 aromatic rings. The van der Waals surface area contributed by atoms with E-state index in [4.69, 9.17) is 10.1 Å². The van der Waals surface area contributed by atoms with Gasteiger partial charge in [-0.1, -0.05) is 29.7 Å². The molecule has 0 aromatic heterocycles. The normalized spacial score (nSPS) is 10.2. The molecule has 0 aliphatic heterocycles. The van der Waals surface area contributed by atoms with Crippen LogP contribution in [-0.4, -0.2) is 23.6 Å². The first kappa shape index (κ1) is 9.54. The first-order valence-corrected chi connectivity index (χ1v) is 3.83. The van der Waals surface area contributed by atoms with Gasteiger partial charge in [-0.3, -0.25) is 0 Å². The van der Waals surface area contributed by atoms with E-state index in [9.17, 15) is 4.79 Å². The molecule has 2 N–H and O–H groups in total. The number of carboxylic acids is 1. The van der Waals surface area contributed by atoms with E-state index in [1.165, 1.54) is 6.08 Å². The number of aliphatic carboxylic acids is 1. The number of carboxylic acid groups (broad SMARTS) is 1. The quantitative estimate of drug-likeness (QED) is 0.493. The summed E-state index contributed by atoms with van der Waals surface area (Å²) in [7, 11) is 0.00290. The maximum Gasteiger partial charge on any atom is 0.328 e. The third-order valence-corrected chi connectivity index (χ3v) is 1.58. The molecule has 0 unspecified atom stereocenters. The molecule has 66 valence electrons. The minimum absolute atomic E-state index is 0.00290. The van der Waals surface area contributed by atoms with Crippen LogP contribution in [0.4, 0.5) is 0 Å². The predicted molar refractivity (Wildman–Crippen MR) is 52.1 cm³/mol. The van der Waals surface area contributed by atoms with Crippen LogP contribution in [0.5, 0.6) is 0 Å². The molecule has 0 aliphatic carbocycles. The Morgan fingerprint density at radius 1 is 1.31 bits per heavy atom. The number of hydrogen-bond acceptors (Lipinski definition) is 2. The Hall–Kier alpha value is -1.55. The van der Waals surface area contributed by atoms with Crippen LogP contribution in [-0.2, 0) is 4.79 Å². The van der Waals surface area contributed by atoms with Crippen LogP contribution in [0.25, 0.3) is 6.08 Å². The average molecular weight is 176 g/mol. The second kappa shape index (κ2) is 4.47. The molecule has 3 nitrogen and oxygen atoms in total. The molecule has 1 aromatic carbocycles. The fraction of sp³-hybridized carbons (Fsp3) is 0. The van der Waals surface area contributed by atoms with Crippen LogP contribution >= 0.6 is 0 Å². The third kappa shape index (κ3) is 3.13. The van der Waals surface area contributed by atoms with E-state index in [1.807, 2.05) is 0 Å². The fourth-order valence-electron chi connectivity index (χ4n) is 0.902. The zero-order chi connectivity index (χ0) is 9.68. The summed E-state index contributed by atoms with van der Waals surface area (Å²) in [6.45, 7) is 0. The van der Waals surface area contributed by atoms with E-state index < -0.39 is 5.97 Å². The number of benzene rings is 1. The highest BCUT2D eigenvalue weighted by Gasteiger charge is 1.92. The van der Waals surface area contributed by atoms with Gasteiger partial charge in [-0.15, -0.1) is 0 Å².